The van der Waals surface area contributed by atoms with Gasteiger partial charge in [-0.05, 0) is 7.05 Å². The summed E-state index contributed by atoms with van der Waals surface area (Å²) in [6, 6.07) is 0. The van der Waals surface area contributed by atoms with Crippen LogP contribution in [0.3, 0.4) is 0 Å². The molecule has 1 aliphatic heterocycles. The number of hydrogen-bond donors (Lipinski definition) is 1. The first-order valence-electron chi connectivity index (χ1n) is 4.66. The van der Waals surface area contributed by atoms with Gasteiger partial charge in [0.05, 0.1) is 0 Å². The van der Waals surface area contributed by atoms with E-state index in [1.54, 1.807) is 11.9 Å². The number of nitrogens with zero attached hydrogens (tertiary/aromatic N) is 1. The molecule has 0 saturated carbocycles. The number of rotatable bonds is 2. The van der Waals surface area contributed by atoms with Crippen molar-refractivity contribution in [2.24, 2.45) is 0 Å². The van der Waals surface area contributed by atoms with Gasteiger partial charge in [0.15, 0.2) is 0 Å². The molecule has 1 saturated heterocycles. The number of nitrogens with one attached hydrogen (secondary N) is 1. The third kappa shape index (κ3) is 2.66. The minimum atomic E-state index is -1.11. The number of carbonyl (C=O) groups is 1. The fraction of sp³-hybridized carbons (Fsp3) is 0.889. The maximum Gasteiger partial charge on any atom is 0.219 e. The van der Waals surface area contributed by atoms with Gasteiger partial charge in [0.25, 0.3) is 0 Å². The molecule has 0 bridgehead atoms. The van der Waals surface area contributed by atoms with E-state index in [4.69, 9.17) is 0 Å². The average Bonchev–Trinajstić information content (AvgIpc) is 2.05. The molecule has 0 atom stereocenters. The molecule has 0 aromatic rings. The van der Waals surface area contributed by atoms with Crippen LogP contribution < -0.4 is 5.32 Å². The predicted octanol–water partition coefficient (Wildman–Crippen LogP) is 0.556. The lowest BCUT2D eigenvalue weighted by molar-refractivity contribution is -0.131. The largest absolute Gasteiger partial charge is 0.343 e. The first-order valence-corrected chi connectivity index (χ1v) is 4.66. The fourth-order valence-corrected chi connectivity index (χ4v) is 1.72. The summed E-state index contributed by atoms with van der Waals surface area (Å²) < 4.78 is 13.8. The zero-order valence-electron chi connectivity index (χ0n) is 8.27. The fourth-order valence-electron chi connectivity index (χ4n) is 1.72. The van der Waals surface area contributed by atoms with Gasteiger partial charge < -0.3 is 10.2 Å². The zero-order valence-corrected chi connectivity index (χ0v) is 8.27. The molecule has 0 aromatic carbocycles. The molecular formula is C9H17FN2O. The van der Waals surface area contributed by atoms with E-state index in [9.17, 15) is 9.18 Å². The van der Waals surface area contributed by atoms with Crippen LogP contribution in [0.25, 0.3) is 0 Å². The Morgan fingerprint density at radius 2 is 2.08 bits per heavy atom. The van der Waals surface area contributed by atoms with Crippen molar-refractivity contribution < 1.29 is 9.18 Å². The van der Waals surface area contributed by atoms with E-state index in [1.165, 1.54) is 6.92 Å². The third-order valence-corrected chi connectivity index (χ3v) is 2.60. The molecule has 1 amide bonds. The Morgan fingerprint density at radius 3 is 2.46 bits per heavy atom. The number of amides is 1. The highest BCUT2D eigenvalue weighted by molar-refractivity contribution is 5.73. The SMILES string of the molecule is CNCC1(F)CCN(C(C)=O)CC1. The highest BCUT2D eigenvalue weighted by Crippen LogP contribution is 2.25. The number of piperidine rings is 1. The van der Waals surface area contributed by atoms with E-state index in [2.05, 4.69) is 5.32 Å². The number of halogens is 1. The molecule has 1 rings (SSSR count). The molecule has 0 aromatic heterocycles. The molecule has 1 N–H and O–H groups in total. The molecule has 0 spiro atoms. The van der Waals surface area contributed by atoms with Gasteiger partial charge >= 0.3 is 0 Å². The summed E-state index contributed by atoms with van der Waals surface area (Å²) in [5.74, 6) is 0.0477. The van der Waals surface area contributed by atoms with Crippen LogP contribution in [0.1, 0.15) is 19.8 Å². The Bertz CT molecular complexity index is 188. The summed E-state index contributed by atoms with van der Waals surface area (Å²) in [5.41, 5.74) is -1.11. The van der Waals surface area contributed by atoms with Crippen LogP contribution in [-0.2, 0) is 4.79 Å². The van der Waals surface area contributed by atoms with Gasteiger partial charge in [-0.2, -0.15) is 0 Å². The van der Waals surface area contributed by atoms with Crippen LogP contribution in [-0.4, -0.2) is 43.2 Å². The molecule has 4 heteroatoms. The van der Waals surface area contributed by atoms with E-state index in [0.29, 0.717) is 32.5 Å². The Labute approximate surface area is 78.3 Å². The van der Waals surface area contributed by atoms with Crippen LogP contribution in [0.5, 0.6) is 0 Å². The van der Waals surface area contributed by atoms with Crippen molar-refractivity contribution in [2.75, 3.05) is 26.7 Å². The van der Waals surface area contributed by atoms with Crippen LogP contribution in [0.15, 0.2) is 0 Å². The molecule has 0 radical (unpaired) electrons. The first kappa shape index (κ1) is 10.4. The maximum absolute atomic E-state index is 13.8. The van der Waals surface area contributed by atoms with Crippen LogP contribution in [0, 0.1) is 0 Å². The van der Waals surface area contributed by atoms with Gasteiger partial charge in [-0.1, -0.05) is 0 Å². The molecule has 1 heterocycles. The molecule has 3 nitrogen and oxygen atoms in total. The number of carbonyl (C=O) groups excluding carboxylic acids is 1. The lowest BCUT2D eigenvalue weighted by Crippen LogP contribution is -2.47. The molecular weight excluding hydrogens is 171 g/mol. The van der Waals surface area contributed by atoms with Crippen molar-refractivity contribution in [3.05, 3.63) is 0 Å². The second-order valence-corrected chi connectivity index (χ2v) is 3.69. The van der Waals surface area contributed by atoms with Crippen LogP contribution in [0.2, 0.25) is 0 Å². The molecule has 0 aliphatic carbocycles. The van der Waals surface area contributed by atoms with Gasteiger partial charge in [-0.15, -0.1) is 0 Å². The smallest absolute Gasteiger partial charge is 0.219 e. The van der Waals surface area contributed by atoms with Crippen molar-refractivity contribution in [3.63, 3.8) is 0 Å². The second kappa shape index (κ2) is 4.05. The highest BCUT2D eigenvalue weighted by atomic mass is 19.1. The van der Waals surface area contributed by atoms with E-state index in [1.807, 2.05) is 0 Å². The van der Waals surface area contributed by atoms with Crippen LogP contribution in [0.4, 0.5) is 4.39 Å². The predicted molar refractivity (Wildman–Crippen MR) is 49.3 cm³/mol. The minimum absolute atomic E-state index is 0.0477. The van der Waals surface area contributed by atoms with E-state index in [0.717, 1.165) is 0 Å². The minimum Gasteiger partial charge on any atom is -0.343 e. The number of hydrogen-bond acceptors (Lipinski definition) is 2. The summed E-state index contributed by atoms with van der Waals surface area (Å²) >= 11 is 0. The van der Waals surface area contributed by atoms with E-state index >= 15 is 0 Å². The van der Waals surface area contributed by atoms with Crippen molar-refractivity contribution in [1.29, 1.82) is 0 Å². The summed E-state index contributed by atoms with van der Waals surface area (Å²) in [5, 5.41) is 2.84. The molecule has 1 fully saturated rings. The van der Waals surface area contributed by atoms with Gasteiger partial charge in [0.1, 0.15) is 5.67 Å². The van der Waals surface area contributed by atoms with Crippen molar-refractivity contribution in [3.8, 4) is 0 Å². The quantitative estimate of drug-likeness (QED) is 0.686. The lowest BCUT2D eigenvalue weighted by atomic mass is 9.93. The molecule has 0 unspecified atom stereocenters. The lowest BCUT2D eigenvalue weighted by Gasteiger charge is -2.35. The van der Waals surface area contributed by atoms with E-state index < -0.39 is 5.67 Å². The number of likely N-dealkylation sites (tertiary alicyclic amines) is 1. The maximum atomic E-state index is 13.8. The van der Waals surface area contributed by atoms with Crippen molar-refractivity contribution in [2.45, 2.75) is 25.4 Å². The van der Waals surface area contributed by atoms with Gasteiger partial charge in [-0.25, -0.2) is 4.39 Å². The average molecular weight is 188 g/mol. The summed E-state index contributed by atoms with van der Waals surface area (Å²) in [4.78, 5) is 12.7. The van der Waals surface area contributed by atoms with Crippen LogP contribution >= 0.6 is 0 Å². The van der Waals surface area contributed by atoms with Crippen molar-refractivity contribution >= 4 is 5.91 Å². The Morgan fingerprint density at radius 1 is 1.54 bits per heavy atom. The topological polar surface area (TPSA) is 32.3 Å². The normalized spacial score (nSPS) is 21.6. The molecule has 13 heavy (non-hydrogen) atoms. The first-order chi connectivity index (χ1) is 6.07. The Hall–Kier alpha value is -0.640. The summed E-state index contributed by atoms with van der Waals surface area (Å²) in [6.45, 7) is 3.02. The van der Waals surface area contributed by atoms with Crippen molar-refractivity contribution in [1.82, 2.24) is 10.2 Å². The second-order valence-electron chi connectivity index (χ2n) is 3.69. The molecule has 1 aliphatic rings. The highest BCUT2D eigenvalue weighted by Gasteiger charge is 2.34. The Kier molecular flexibility index (Phi) is 3.25. The summed E-state index contributed by atoms with van der Waals surface area (Å²) in [7, 11) is 1.75. The molecule has 76 valence electrons. The van der Waals surface area contributed by atoms with E-state index in [-0.39, 0.29) is 5.91 Å². The third-order valence-electron chi connectivity index (χ3n) is 2.60. The Balaban J connectivity index is 2.41. The van der Waals surface area contributed by atoms with Gasteiger partial charge in [0.2, 0.25) is 5.91 Å². The monoisotopic (exact) mass is 188 g/mol. The number of alkyl halides is 1. The summed E-state index contributed by atoms with van der Waals surface area (Å²) in [6.07, 6.45) is 0.904. The van der Waals surface area contributed by atoms with Gasteiger partial charge in [0, 0.05) is 39.4 Å². The zero-order chi connectivity index (χ0) is 9.90. The standard InChI is InChI=1S/C9H17FN2O/c1-8(13)12-5-3-9(10,4-6-12)7-11-2/h11H,3-7H2,1-2H3. The van der Waals surface area contributed by atoms with Gasteiger partial charge in [-0.3, -0.25) is 4.79 Å².